The first kappa shape index (κ1) is 32.9. The van der Waals surface area contributed by atoms with Gasteiger partial charge in [-0.2, -0.15) is 0 Å². The number of anilines is 1. The van der Waals surface area contributed by atoms with Crippen LogP contribution in [0.5, 0.6) is 11.5 Å². The number of hydrogen-bond acceptors (Lipinski definition) is 6. The molecule has 9 nitrogen and oxygen atoms in total. The maximum atomic E-state index is 14.4. The van der Waals surface area contributed by atoms with Crippen LogP contribution in [0.15, 0.2) is 72.8 Å². The van der Waals surface area contributed by atoms with Crippen molar-refractivity contribution in [2.75, 3.05) is 31.3 Å². The molecule has 0 bridgehead atoms. The van der Waals surface area contributed by atoms with Gasteiger partial charge in [-0.05, 0) is 43.0 Å². The molecule has 0 heterocycles. The molecule has 1 aliphatic carbocycles. The number of carbonyl (C=O) groups excluding carboxylic acids is 2. The van der Waals surface area contributed by atoms with Crippen molar-refractivity contribution in [2.45, 2.75) is 64.1 Å². The van der Waals surface area contributed by atoms with Crippen molar-refractivity contribution in [1.82, 2.24) is 10.2 Å². The summed E-state index contributed by atoms with van der Waals surface area (Å²) in [6, 6.07) is 21.3. The highest BCUT2D eigenvalue weighted by molar-refractivity contribution is 7.92. The van der Waals surface area contributed by atoms with E-state index >= 15 is 0 Å². The molecule has 1 N–H and O–H groups in total. The molecule has 0 unspecified atom stereocenters. The number of nitrogens with one attached hydrogen (secondary N) is 1. The second-order valence-corrected chi connectivity index (χ2v) is 13.3. The van der Waals surface area contributed by atoms with Crippen molar-refractivity contribution in [3.8, 4) is 11.5 Å². The van der Waals surface area contributed by atoms with Crippen LogP contribution in [0, 0.1) is 6.92 Å². The van der Waals surface area contributed by atoms with Crippen molar-refractivity contribution in [1.29, 1.82) is 0 Å². The second-order valence-electron chi connectivity index (χ2n) is 11.4. The number of carbonyl (C=O) groups is 2. The molecule has 1 atom stereocenters. The minimum absolute atomic E-state index is 0.0411. The molecule has 1 fully saturated rings. The van der Waals surface area contributed by atoms with E-state index in [0.717, 1.165) is 59.4 Å². The molecule has 44 heavy (non-hydrogen) atoms. The Hall–Kier alpha value is -4.05. The predicted molar refractivity (Wildman–Crippen MR) is 172 cm³/mol. The van der Waals surface area contributed by atoms with E-state index in [4.69, 9.17) is 9.47 Å². The van der Waals surface area contributed by atoms with Gasteiger partial charge in [-0.1, -0.05) is 79.4 Å². The monoisotopic (exact) mass is 621 g/mol. The van der Waals surface area contributed by atoms with Crippen molar-refractivity contribution in [2.24, 2.45) is 0 Å². The summed E-state index contributed by atoms with van der Waals surface area (Å²) < 4.78 is 38.2. The Morgan fingerprint density at radius 3 is 2.20 bits per heavy atom. The Kier molecular flexibility index (Phi) is 11.3. The number of aryl methyl sites for hydroxylation is 1. The number of nitrogens with zero attached hydrogens (tertiary/aromatic N) is 2. The number of sulfonamides is 1. The van der Waals surface area contributed by atoms with E-state index in [1.54, 1.807) is 12.1 Å². The largest absolute Gasteiger partial charge is 0.497 e. The van der Waals surface area contributed by atoms with Gasteiger partial charge in [0.2, 0.25) is 21.8 Å². The zero-order valence-corrected chi connectivity index (χ0v) is 26.8. The van der Waals surface area contributed by atoms with Gasteiger partial charge in [-0.15, -0.1) is 0 Å². The molecular formula is C34H43N3O6S. The van der Waals surface area contributed by atoms with Gasteiger partial charge in [0, 0.05) is 25.1 Å². The normalized spacial score (nSPS) is 14.4. The lowest BCUT2D eigenvalue weighted by Gasteiger charge is -2.35. The predicted octanol–water partition coefficient (Wildman–Crippen LogP) is 4.87. The van der Waals surface area contributed by atoms with Gasteiger partial charge in [-0.25, -0.2) is 8.42 Å². The fraction of sp³-hybridized carbons (Fsp3) is 0.412. The molecule has 1 aliphatic rings. The SMILES string of the molecule is COc1ccc(OC)c(N(CC(=O)N(Cc2ccc(C)cc2)[C@H](Cc2ccccc2)C(=O)NC2CCCCC2)S(C)(=O)=O)c1. The standard InChI is InChI=1S/C34H43N3O6S/c1-25-15-17-27(18-16-25)23-36(31(21-26-11-7-5-8-12-26)34(39)35-28-13-9-6-10-14-28)33(38)24-37(44(4,40)41)30-22-29(42-2)19-20-32(30)43-3/h5,7-8,11-12,15-20,22,28,31H,6,9-10,13-14,21,23-24H2,1-4H3,(H,35,39)/t31-/m1/s1. The van der Waals surface area contributed by atoms with Crippen LogP contribution in [-0.4, -0.2) is 64.2 Å². The fourth-order valence-corrected chi connectivity index (χ4v) is 6.42. The van der Waals surface area contributed by atoms with E-state index in [0.29, 0.717) is 5.75 Å². The van der Waals surface area contributed by atoms with Crippen LogP contribution in [0.25, 0.3) is 0 Å². The van der Waals surface area contributed by atoms with Crippen LogP contribution in [-0.2, 0) is 32.6 Å². The second kappa shape index (κ2) is 15.1. The number of ether oxygens (including phenoxy) is 2. The highest BCUT2D eigenvalue weighted by Crippen LogP contribution is 2.34. The van der Waals surface area contributed by atoms with Crippen LogP contribution in [0.1, 0.15) is 48.8 Å². The van der Waals surface area contributed by atoms with Gasteiger partial charge < -0.3 is 19.7 Å². The van der Waals surface area contributed by atoms with Gasteiger partial charge in [0.15, 0.2) is 0 Å². The average Bonchev–Trinajstić information content (AvgIpc) is 3.02. The lowest BCUT2D eigenvalue weighted by molar-refractivity contribution is -0.140. The van der Waals surface area contributed by atoms with Crippen LogP contribution in [0.4, 0.5) is 5.69 Å². The Morgan fingerprint density at radius 1 is 0.909 bits per heavy atom. The highest BCUT2D eigenvalue weighted by atomic mass is 32.2. The quantitative estimate of drug-likeness (QED) is 0.292. The molecule has 0 radical (unpaired) electrons. The van der Waals surface area contributed by atoms with Crippen LogP contribution in [0.3, 0.4) is 0 Å². The summed E-state index contributed by atoms with van der Waals surface area (Å²) >= 11 is 0. The summed E-state index contributed by atoms with van der Waals surface area (Å²) in [5.74, 6) is -0.0797. The van der Waals surface area contributed by atoms with E-state index in [9.17, 15) is 18.0 Å². The van der Waals surface area contributed by atoms with Crippen molar-refractivity contribution in [3.05, 3.63) is 89.5 Å². The first-order chi connectivity index (χ1) is 21.1. The summed E-state index contributed by atoms with van der Waals surface area (Å²) in [5, 5.41) is 3.22. The molecule has 4 rings (SSSR count). The highest BCUT2D eigenvalue weighted by Gasteiger charge is 2.34. The zero-order valence-electron chi connectivity index (χ0n) is 26.0. The van der Waals surface area contributed by atoms with Crippen LogP contribution >= 0.6 is 0 Å². The summed E-state index contributed by atoms with van der Waals surface area (Å²) in [6.07, 6.45) is 6.35. The lowest BCUT2D eigenvalue weighted by atomic mass is 9.94. The van der Waals surface area contributed by atoms with Gasteiger partial charge in [-0.3, -0.25) is 13.9 Å². The van der Waals surface area contributed by atoms with E-state index in [-0.39, 0.29) is 36.4 Å². The third-order valence-electron chi connectivity index (χ3n) is 8.03. The number of methoxy groups -OCH3 is 2. The Morgan fingerprint density at radius 2 is 1.59 bits per heavy atom. The molecular weight excluding hydrogens is 578 g/mol. The van der Waals surface area contributed by atoms with Crippen LogP contribution < -0.4 is 19.1 Å². The molecule has 0 aliphatic heterocycles. The minimum atomic E-state index is -3.96. The molecule has 3 aromatic rings. The van der Waals surface area contributed by atoms with Crippen molar-refractivity contribution >= 4 is 27.5 Å². The molecule has 236 valence electrons. The third-order valence-corrected chi connectivity index (χ3v) is 9.16. The zero-order chi connectivity index (χ0) is 31.7. The van der Waals surface area contributed by atoms with Crippen molar-refractivity contribution < 1.29 is 27.5 Å². The minimum Gasteiger partial charge on any atom is -0.497 e. The molecule has 2 amide bonds. The van der Waals surface area contributed by atoms with Crippen LogP contribution in [0.2, 0.25) is 0 Å². The number of hydrogen-bond donors (Lipinski definition) is 1. The summed E-state index contributed by atoms with van der Waals surface area (Å²) in [5.41, 5.74) is 2.96. The fourth-order valence-electron chi connectivity index (χ4n) is 5.57. The van der Waals surface area contributed by atoms with E-state index in [2.05, 4.69) is 5.32 Å². The maximum absolute atomic E-state index is 14.4. The number of amides is 2. The summed E-state index contributed by atoms with van der Waals surface area (Å²) in [7, 11) is -1.05. The number of rotatable bonds is 13. The Bertz CT molecular complexity index is 1510. The summed E-state index contributed by atoms with van der Waals surface area (Å²) in [6.45, 7) is 1.58. The van der Waals surface area contributed by atoms with E-state index < -0.39 is 28.5 Å². The maximum Gasteiger partial charge on any atom is 0.244 e. The molecule has 3 aromatic carbocycles. The van der Waals surface area contributed by atoms with E-state index in [1.165, 1.54) is 25.2 Å². The topological polar surface area (TPSA) is 105 Å². The molecule has 1 saturated carbocycles. The molecule has 0 aromatic heterocycles. The van der Waals surface area contributed by atoms with E-state index in [1.807, 2.05) is 61.5 Å². The first-order valence-electron chi connectivity index (χ1n) is 15.0. The van der Waals surface area contributed by atoms with Gasteiger partial charge in [0.05, 0.1) is 26.2 Å². The summed E-state index contributed by atoms with van der Waals surface area (Å²) in [4.78, 5) is 30.0. The number of benzene rings is 3. The van der Waals surface area contributed by atoms with Gasteiger partial charge in [0.1, 0.15) is 24.1 Å². The Labute approximate surface area is 261 Å². The average molecular weight is 622 g/mol. The lowest BCUT2D eigenvalue weighted by Crippen LogP contribution is -2.55. The molecule has 0 spiro atoms. The Balaban J connectivity index is 1.75. The van der Waals surface area contributed by atoms with Crippen molar-refractivity contribution in [3.63, 3.8) is 0 Å². The van der Waals surface area contributed by atoms with Gasteiger partial charge in [0.25, 0.3) is 0 Å². The van der Waals surface area contributed by atoms with Gasteiger partial charge >= 0.3 is 0 Å². The third kappa shape index (κ3) is 8.75. The molecule has 10 heteroatoms. The molecule has 0 saturated heterocycles. The first-order valence-corrected chi connectivity index (χ1v) is 16.8. The smallest absolute Gasteiger partial charge is 0.244 e.